The Bertz CT molecular complexity index is 1260. The lowest BCUT2D eigenvalue weighted by molar-refractivity contribution is 0.409. The van der Waals surface area contributed by atoms with E-state index >= 15 is 0 Å². The number of nitrogens with one attached hydrogen (secondary N) is 2. The van der Waals surface area contributed by atoms with Crippen LogP contribution in [0.15, 0.2) is 63.5 Å². The van der Waals surface area contributed by atoms with E-state index in [2.05, 4.69) is 41.9 Å². The van der Waals surface area contributed by atoms with Gasteiger partial charge in [0.05, 0.1) is 27.5 Å². The number of phenols is 1. The Morgan fingerprint density at radius 1 is 1.09 bits per heavy atom. The highest BCUT2D eigenvalue weighted by atomic mass is 79.9. The molecule has 0 fully saturated rings. The zero-order valence-electron chi connectivity index (χ0n) is 18.6. The molecule has 0 amide bonds. The van der Waals surface area contributed by atoms with E-state index in [9.17, 15) is 13.5 Å². The number of methoxy groups -OCH3 is 1. The van der Waals surface area contributed by atoms with Crippen molar-refractivity contribution >= 4 is 47.6 Å². The number of ether oxygens (including phenoxy) is 1. The first kappa shape index (κ1) is 25.0. The van der Waals surface area contributed by atoms with E-state index in [0.717, 1.165) is 49.9 Å². The van der Waals surface area contributed by atoms with Gasteiger partial charge in [-0.2, -0.15) is 0 Å². The molecule has 3 aromatic rings. The molecule has 0 spiro atoms. The third-order valence-corrected chi connectivity index (χ3v) is 8.34. The fraction of sp³-hybridized carbons (Fsp3) is 0.280. The third-order valence-electron chi connectivity index (χ3n) is 5.89. The minimum atomic E-state index is -3.63. The van der Waals surface area contributed by atoms with Gasteiger partial charge in [-0.1, -0.05) is 30.3 Å². The summed E-state index contributed by atoms with van der Waals surface area (Å²) in [6.45, 7) is 0.776. The number of hydrogen-bond acceptors (Lipinski definition) is 5. The number of anilines is 1. The standard InChI is InChI=1S/C25H26Br2N2O4S/c1-33-25-20(26)11-17(12-21(25)27)13-22-19-15-23(24(30)14-18(19)7-9-28-22)29-34(31,32)10-8-16-5-3-2-4-6-16/h2-6,11-12,14-15,22,28-30H,7-10,13H2,1H3. The molecule has 4 rings (SSSR count). The van der Waals surface area contributed by atoms with Gasteiger partial charge in [-0.25, -0.2) is 8.42 Å². The van der Waals surface area contributed by atoms with E-state index < -0.39 is 10.0 Å². The number of fused-ring (bicyclic) bond motifs is 1. The molecule has 1 unspecified atom stereocenters. The average Bonchev–Trinajstić information content (AvgIpc) is 2.79. The maximum atomic E-state index is 12.7. The third kappa shape index (κ3) is 5.94. The summed E-state index contributed by atoms with van der Waals surface area (Å²) in [6.07, 6.45) is 1.85. The summed E-state index contributed by atoms with van der Waals surface area (Å²) in [5, 5.41) is 14.1. The second-order valence-corrected chi connectivity index (χ2v) is 11.8. The topological polar surface area (TPSA) is 87.7 Å². The van der Waals surface area contributed by atoms with Crippen molar-refractivity contribution < 1.29 is 18.3 Å². The number of benzene rings is 3. The van der Waals surface area contributed by atoms with Crippen molar-refractivity contribution in [2.45, 2.75) is 25.3 Å². The molecule has 3 aromatic carbocycles. The second kappa shape index (κ2) is 10.7. The van der Waals surface area contributed by atoms with E-state index in [1.54, 1.807) is 19.2 Å². The summed E-state index contributed by atoms with van der Waals surface area (Å²) in [6, 6.07) is 16.9. The molecular weight excluding hydrogens is 584 g/mol. The Kier molecular flexibility index (Phi) is 7.87. The summed E-state index contributed by atoms with van der Waals surface area (Å²) < 4.78 is 35.2. The lowest BCUT2D eigenvalue weighted by Gasteiger charge is -2.28. The van der Waals surface area contributed by atoms with Crippen LogP contribution >= 0.6 is 31.9 Å². The van der Waals surface area contributed by atoms with Crippen LogP contribution in [-0.4, -0.2) is 32.9 Å². The van der Waals surface area contributed by atoms with E-state index in [4.69, 9.17) is 4.74 Å². The quantitative estimate of drug-likeness (QED) is 0.300. The molecule has 0 saturated carbocycles. The summed E-state index contributed by atoms with van der Waals surface area (Å²) in [4.78, 5) is 0. The van der Waals surface area contributed by atoms with Crippen LogP contribution in [0, 0.1) is 0 Å². The number of aromatic hydroxyl groups is 1. The van der Waals surface area contributed by atoms with Crippen molar-refractivity contribution in [2.24, 2.45) is 0 Å². The van der Waals surface area contributed by atoms with Crippen molar-refractivity contribution in [3.05, 3.63) is 85.8 Å². The maximum Gasteiger partial charge on any atom is 0.233 e. The zero-order valence-corrected chi connectivity index (χ0v) is 22.6. The molecule has 9 heteroatoms. The van der Waals surface area contributed by atoms with Crippen LogP contribution in [0.25, 0.3) is 0 Å². The van der Waals surface area contributed by atoms with Gasteiger partial charge in [-0.3, -0.25) is 4.72 Å². The number of rotatable bonds is 8. The van der Waals surface area contributed by atoms with Crippen LogP contribution in [0.3, 0.4) is 0 Å². The van der Waals surface area contributed by atoms with Crippen molar-refractivity contribution in [3.8, 4) is 11.5 Å². The molecular formula is C25H26Br2N2O4S. The van der Waals surface area contributed by atoms with Crippen LogP contribution in [0.1, 0.15) is 28.3 Å². The summed E-state index contributed by atoms with van der Waals surface area (Å²) >= 11 is 7.11. The van der Waals surface area contributed by atoms with Crippen LogP contribution in [0.2, 0.25) is 0 Å². The number of halogens is 2. The van der Waals surface area contributed by atoms with E-state index in [1.807, 2.05) is 42.5 Å². The molecule has 0 radical (unpaired) electrons. The van der Waals surface area contributed by atoms with E-state index in [-0.39, 0.29) is 23.2 Å². The fourth-order valence-electron chi connectivity index (χ4n) is 4.22. The van der Waals surface area contributed by atoms with Gasteiger partial charge in [0.25, 0.3) is 0 Å². The van der Waals surface area contributed by atoms with Crippen molar-refractivity contribution in [3.63, 3.8) is 0 Å². The SMILES string of the molecule is COc1c(Br)cc(CC2NCCc3cc(O)c(NS(=O)(=O)CCc4ccccc4)cc32)cc1Br. The van der Waals surface area contributed by atoms with Gasteiger partial charge >= 0.3 is 0 Å². The predicted octanol–water partition coefficient (Wildman–Crippen LogP) is 5.34. The van der Waals surface area contributed by atoms with Gasteiger partial charge in [0.15, 0.2) is 0 Å². The first-order valence-electron chi connectivity index (χ1n) is 10.9. The molecule has 0 saturated heterocycles. The molecule has 0 bridgehead atoms. The minimum Gasteiger partial charge on any atom is -0.506 e. The van der Waals surface area contributed by atoms with Crippen LogP contribution in [0.4, 0.5) is 5.69 Å². The maximum absolute atomic E-state index is 12.7. The Hall–Kier alpha value is -2.07. The highest BCUT2D eigenvalue weighted by molar-refractivity contribution is 9.11. The highest BCUT2D eigenvalue weighted by Crippen LogP contribution is 2.38. The van der Waals surface area contributed by atoms with Crippen molar-refractivity contribution in [1.29, 1.82) is 0 Å². The monoisotopic (exact) mass is 608 g/mol. The number of phenolic OH excluding ortho intramolecular Hbond substituents is 1. The summed E-state index contributed by atoms with van der Waals surface area (Å²) in [5.74, 6) is 0.610. The molecule has 1 aliphatic heterocycles. The fourth-order valence-corrected chi connectivity index (χ4v) is 6.93. The first-order valence-corrected chi connectivity index (χ1v) is 14.1. The zero-order chi connectivity index (χ0) is 24.3. The highest BCUT2D eigenvalue weighted by Gasteiger charge is 2.24. The van der Waals surface area contributed by atoms with E-state index in [0.29, 0.717) is 12.8 Å². The Balaban J connectivity index is 1.55. The largest absolute Gasteiger partial charge is 0.506 e. The first-order chi connectivity index (χ1) is 16.3. The molecule has 34 heavy (non-hydrogen) atoms. The summed E-state index contributed by atoms with van der Waals surface area (Å²) in [7, 11) is -2.01. The smallest absolute Gasteiger partial charge is 0.233 e. The van der Waals surface area contributed by atoms with Gasteiger partial charge in [-0.05, 0) is 104 Å². The van der Waals surface area contributed by atoms with Crippen molar-refractivity contribution in [2.75, 3.05) is 24.1 Å². The Morgan fingerprint density at radius 3 is 2.47 bits per heavy atom. The Morgan fingerprint density at radius 2 is 1.79 bits per heavy atom. The summed E-state index contributed by atoms with van der Waals surface area (Å²) in [5.41, 5.74) is 4.23. The normalized spacial score (nSPS) is 15.6. The molecule has 3 N–H and O–H groups in total. The number of hydrogen-bond donors (Lipinski definition) is 3. The molecule has 1 atom stereocenters. The van der Waals surface area contributed by atoms with Crippen LogP contribution in [-0.2, 0) is 29.3 Å². The van der Waals surface area contributed by atoms with Gasteiger partial charge < -0.3 is 15.2 Å². The molecule has 6 nitrogen and oxygen atoms in total. The lowest BCUT2D eigenvalue weighted by Crippen LogP contribution is -2.31. The second-order valence-electron chi connectivity index (χ2n) is 8.28. The van der Waals surface area contributed by atoms with Crippen molar-refractivity contribution in [1.82, 2.24) is 5.32 Å². The molecule has 0 aromatic heterocycles. The van der Waals surface area contributed by atoms with Crippen LogP contribution < -0.4 is 14.8 Å². The van der Waals surface area contributed by atoms with Gasteiger partial charge in [-0.15, -0.1) is 0 Å². The van der Waals surface area contributed by atoms with Gasteiger partial charge in [0.2, 0.25) is 10.0 Å². The number of sulfonamides is 1. The van der Waals surface area contributed by atoms with Gasteiger partial charge in [0, 0.05) is 6.04 Å². The number of aryl methyl sites for hydroxylation is 1. The molecule has 1 aliphatic rings. The van der Waals surface area contributed by atoms with Gasteiger partial charge in [0.1, 0.15) is 11.5 Å². The minimum absolute atomic E-state index is 0.0240. The lowest BCUT2D eigenvalue weighted by atomic mass is 9.89. The molecule has 180 valence electrons. The predicted molar refractivity (Wildman–Crippen MR) is 142 cm³/mol. The Labute approximate surface area is 217 Å². The van der Waals surface area contributed by atoms with Crippen LogP contribution in [0.5, 0.6) is 11.5 Å². The molecule has 0 aliphatic carbocycles. The average molecular weight is 610 g/mol. The van der Waals surface area contributed by atoms with E-state index in [1.165, 1.54) is 0 Å². The molecule has 1 heterocycles.